The van der Waals surface area contributed by atoms with Crippen LogP contribution in [0.2, 0.25) is 0 Å². The molecule has 1 aliphatic heterocycles. The molecule has 0 aromatic heterocycles. The van der Waals surface area contributed by atoms with Gasteiger partial charge in [-0.3, -0.25) is 4.90 Å². The smallest absolute Gasteiger partial charge is 0.411 e. The molecule has 28 heavy (non-hydrogen) atoms. The second-order valence-electron chi connectivity index (χ2n) is 8.93. The number of sulfone groups is 1. The monoisotopic (exact) mass is 417 g/mol. The molecule has 8 heteroatoms. The van der Waals surface area contributed by atoms with Gasteiger partial charge in [0.15, 0.2) is 9.84 Å². The second kappa shape index (κ2) is 11.7. The Balaban J connectivity index is 0.00000105. The quantitative estimate of drug-likeness (QED) is 0.265. The van der Waals surface area contributed by atoms with E-state index in [0.717, 1.165) is 25.7 Å². The van der Waals surface area contributed by atoms with Gasteiger partial charge in [-0.05, 0) is 54.0 Å². The molecule has 1 N–H and O–H groups in total. The Morgan fingerprint density at radius 3 is 1.96 bits per heavy atom. The van der Waals surface area contributed by atoms with Gasteiger partial charge >= 0.3 is 12.2 Å². The standard InChI is InChI=1S/C18H37NO2S.C2H2N2O2/c1-7-8-9-10-11-12-13-22(20,21)16-14-17(2,3)19(6)18(4,5)15-16;3-4-1-2(5)6/h16H,7-15H2,1-6H3;1H,(H,5,6). The van der Waals surface area contributed by atoms with Crippen LogP contribution >= 0.6 is 0 Å². The molecule has 1 aliphatic rings. The summed E-state index contributed by atoms with van der Waals surface area (Å²) in [6, 6.07) is 0. The lowest BCUT2D eigenvalue weighted by molar-refractivity contribution is -0.132. The number of likely N-dealkylation sites (tertiary alicyclic amines) is 1. The highest BCUT2D eigenvalue weighted by Gasteiger charge is 2.46. The lowest BCUT2D eigenvalue weighted by atomic mass is 9.80. The van der Waals surface area contributed by atoms with Crippen molar-refractivity contribution in [1.82, 2.24) is 4.90 Å². The number of hydrogen-bond donors (Lipinski definition) is 1. The van der Waals surface area contributed by atoms with Crippen LogP contribution in [0.15, 0.2) is 0 Å². The molecule has 7 nitrogen and oxygen atoms in total. The summed E-state index contributed by atoms with van der Waals surface area (Å²) in [4.78, 5) is 13.8. The molecule has 0 aliphatic carbocycles. The van der Waals surface area contributed by atoms with Gasteiger partial charge in [-0.1, -0.05) is 39.0 Å². The van der Waals surface area contributed by atoms with E-state index in [9.17, 15) is 13.2 Å². The van der Waals surface area contributed by atoms with Crippen LogP contribution in [0.25, 0.3) is 5.53 Å². The Kier molecular flexibility index (Phi) is 11.2. The van der Waals surface area contributed by atoms with E-state index in [-0.39, 0.29) is 16.3 Å². The zero-order valence-corrected chi connectivity index (χ0v) is 19.3. The third kappa shape index (κ3) is 9.30. The van der Waals surface area contributed by atoms with Crippen LogP contribution < -0.4 is 0 Å². The Labute approximate surface area is 171 Å². The molecule has 0 amide bonds. The summed E-state index contributed by atoms with van der Waals surface area (Å²) in [6.45, 7) is 10.9. The molecule has 0 saturated carbocycles. The molecule has 0 radical (unpaired) electrons. The molecule has 1 rings (SSSR count). The number of carbonyl (C=O) groups is 1. The SMILES string of the molecule is CCCCCCCCS(=O)(=O)C1CC(C)(C)N(C)C(C)(C)C1.[N-]=[N+]=CC(=O)O. The average Bonchev–Trinajstić information content (AvgIpc) is 2.55. The summed E-state index contributed by atoms with van der Waals surface area (Å²) >= 11 is 0. The van der Waals surface area contributed by atoms with Gasteiger partial charge in [0.2, 0.25) is 0 Å². The fourth-order valence-electron chi connectivity index (χ4n) is 3.83. The summed E-state index contributed by atoms with van der Waals surface area (Å²) in [7, 11) is -0.847. The highest BCUT2D eigenvalue weighted by molar-refractivity contribution is 7.92. The molecule has 0 unspecified atom stereocenters. The molecule has 1 fully saturated rings. The molecule has 0 spiro atoms. The van der Waals surface area contributed by atoms with Crippen molar-refractivity contribution in [3.8, 4) is 0 Å². The van der Waals surface area contributed by atoms with Gasteiger partial charge in [0.1, 0.15) is 0 Å². The first-order chi connectivity index (χ1) is 12.8. The van der Waals surface area contributed by atoms with Crippen LogP contribution in [0, 0.1) is 0 Å². The summed E-state index contributed by atoms with van der Waals surface area (Å²) in [6.07, 6.45) is 8.70. The normalized spacial score (nSPS) is 19.2. The van der Waals surface area contributed by atoms with Gasteiger partial charge in [0.25, 0.3) is 0 Å². The highest BCUT2D eigenvalue weighted by Crippen LogP contribution is 2.39. The first-order valence-electron chi connectivity index (χ1n) is 10.2. The molecule has 0 aromatic rings. The summed E-state index contributed by atoms with van der Waals surface area (Å²) < 4.78 is 25.5. The highest BCUT2D eigenvalue weighted by atomic mass is 32.2. The predicted molar refractivity (Wildman–Crippen MR) is 113 cm³/mol. The molecule has 1 saturated heterocycles. The largest absolute Gasteiger partial charge is 0.473 e. The molecule has 0 atom stereocenters. The maximum absolute atomic E-state index is 12.7. The van der Waals surface area contributed by atoms with Crippen molar-refractivity contribution >= 4 is 22.0 Å². The Hall–Kier alpha value is -1.24. The predicted octanol–water partition coefficient (Wildman–Crippen LogP) is 3.78. The number of piperidine rings is 1. The minimum Gasteiger partial charge on any atom is -0.473 e. The minimum absolute atomic E-state index is 0.0549. The lowest BCUT2D eigenvalue weighted by Crippen LogP contribution is -2.61. The van der Waals surface area contributed by atoms with Crippen LogP contribution in [0.4, 0.5) is 0 Å². The van der Waals surface area contributed by atoms with Crippen LogP contribution in [0.5, 0.6) is 0 Å². The summed E-state index contributed by atoms with van der Waals surface area (Å²) in [5.74, 6) is -0.878. The zero-order chi connectivity index (χ0) is 22.0. The van der Waals surface area contributed by atoms with E-state index < -0.39 is 15.8 Å². The number of carboxylic acid groups (broad SMARTS) is 1. The third-order valence-corrected chi connectivity index (χ3v) is 7.94. The summed E-state index contributed by atoms with van der Waals surface area (Å²) in [5.41, 5.74) is 7.32. The topological polar surface area (TPSA) is 111 Å². The maximum atomic E-state index is 12.7. The van der Waals surface area contributed by atoms with E-state index >= 15 is 0 Å². The van der Waals surface area contributed by atoms with Gasteiger partial charge in [0.05, 0.1) is 11.0 Å². The first-order valence-corrected chi connectivity index (χ1v) is 11.9. The molecule has 0 aromatic carbocycles. The fraction of sp³-hybridized carbons (Fsp3) is 0.900. The van der Waals surface area contributed by atoms with Gasteiger partial charge in [-0.2, -0.15) is 4.79 Å². The van der Waals surface area contributed by atoms with E-state index in [0.29, 0.717) is 12.0 Å². The van der Waals surface area contributed by atoms with Crippen LogP contribution in [-0.2, 0) is 14.6 Å². The van der Waals surface area contributed by atoms with Crippen molar-refractivity contribution in [1.29, 1.82) is 0 Å². The number of aliphatic carboxylic acids is 1. The Morgan fingerprint density at radius 2 is 1.57 bits per heavy atom. The minimum atomic E-state index is -2.97. The van der Waals surface area contributed by atoms with Gasteiger partial charge in [-0.15, -0.1) is 0 Å². The van der Waals surface area contributed by atoms with Crippen molar-refractivity contribution in [3.63, 3.8) is 0 Å². The van der Waals surface area contributed by atoms with Crippen molar-refractivity contribution in [2.24, 2.45) is 0 Å². The molecular formula is C20H39N3O4S. The van der Waals surface area contributed by atoms with Gasteiger partial charge < -0.3 is 10.6 Å². The number of unbranched alkanes of at least 4 members (excludes halogenated alkanes) is 5. The Morgan fingerprint density at radius 1 is 1.11 bits per heavy atom. The molecule has 164 valence electrons. The molecule has 1 heterocycles. The molecular weight excluding hydrogens is 378 g/mol. The average molecular weight is 418 g/mol. The molecule has 0 bridgehead atoms. The van der Waals surface area contributed by atoms with Crippen molar-refractivity contribution < 1.29 is 23.1 Å². The number of carboxylic acids is 1. The van der Waals surface area contributed by atoms with E-state index in [4.69, 9.17) is 10.6 Å². The first kappa shape index (κ1) is 26.8. The van der Waals surface area contributed by atoms with Gasteiger partial charge in [-0.25, -0.2) is 13.2 Å². The van der Waals surface area contributed by atoms with Crippen molar-refractivity contribution in [3.05, 3.63) is 5.53 Å². The van der Waals surface area contributed by atoms with E-state index in [1.807, 2.05) is 0 Å². The Bertz CT molecular complexity index is 620. The zero-order valence-electron chi connectivity index (χ0n) is 18.4. The second-order valence-corrected chi connectivity index (χ2v) is 11.3. The van der Waals surface area contributed by atoms with Gasteiger partial charge in [0, 0.05) is 11.1 Å². The maximum Gasteiger partial charge on any atom is 0.411 e. The van der Waals surface area contributed by atoms with Crippen LogP contribution in [0.1, 0.15) is 86.0 Å². The van der Waals surface area contributed by atoms with E-state index in [1.165, 1.54) is 25.7 Å². The van der Waals surface area contributed by atoms with Crippen LogP contribution in [0.3, 0.4) is 0 Å². The summed E-state index contributed by atoms with van der Waals surface area (Å²) in [5, 5.41) is 7.43. The van der Waals surface area contributed by atoms with E-state index in [1.54, 1.807) is 0 Å². The number of nitrogens with zero attached hydrogens (tertiary/aromatic N) is 3. The van der Waals surface area contributed by atoms with Crippen molar-refractivity contribution in [2.75, 3.05) is 12.8 Å². The van der Waals surface area contributed by atoms with Crippen molar-refractivity contribution in [2.45, 2.75) is 102 Å². The van der Waals surface area contributed by atoms with Crippen LogP contribution in [-0.4, -0.2) is 64.5 Å². The fourth-order valence-corrected chi connectivity index (χ4v) is 6.10. The lowest BCUT2D eigenvalue weighted by Gasteiger charge is -2.53. The third-order valence-electron chi connectivity index (χ3n) is 5.73. The number of hydrogen-bond acceptors (Lipinski definition) is 4. The number of rotatable bonds is 9. The van der Waals surface area contributed by atoms with E-state index in [2.05, 4.69) is 51.4 Å².